The lowest BCUT2D eigenvalue weighted by molar-refractivity contribution is 0.202. The summed E-state index contributed by atoms with van der Waals surface area (Å²) in [4.78, 5) is 9.13. The Morgan fingerprint density at radius 1 is 1.35 bits per heavy atom. The van der Waals surface area contributed by atoms with Crippen LogP contribution in [0.1, 0.15) is 17.5 Å². The van der Waals surface area contributed by atoms with Gasteiger partial charge < -0.3 is 9.57 Å². The SMILES string of the molecule is C=C(/N=C(\ON)C(=C)C1CC=CO1)c1ccc(C)cc1. The van der Waals surface area contributed by atoms with Crippen molar-refractivity contribution in [1.29, 1.82) is 0 Å². The van der Waals surface area contributed by atoms with Crippen LogP contribution in [0.2, 0.25) is 0 Å². The maximum Gasteiger partial charge on any atom is 0.244 e. The van der Waals surface area contributed by atoms with E-state index in [2.05, 4.69) is 18.2 Å². The molecule has 0 amide bonds. The maximum absolute atomic E-state index is 5.37. The van der Waals surface area contributed by atoms with Crippen LogP contribution in [0.15, 0.2) is 60.3 Å². The van der Waals surface area contributed by atoms with Crippen LogP contribution in [0.25, 0.3) is 5.70 Å². The van der Waals surface area contributed by atoms with Gasteiger partial charge in [0.15, 0.2) is 0 Å². The van der Waals surface area contributed by atoms with Crippen molar-refractivity contribution in [1.82, 2.24) is 0 Å². The molecule has 4 nitrogen and oxygen atoms in total. The van der Waals surface area contributed by atoms with Gasteiger partial charge in [-0.1, -0.05) is 43.0 Å². The van der Waals surface area contributed by atoms with Gasteiger partial charge in [-0.05, 0) is 18.6 Å². The molecule has 1 aromatic carbocycles. The molecule has 1 heterocycles. The van der Waals surface area contributed by atoms with Crippen LogP contribution in [-0.4, -0.2) is 12.0 Å². The van der Waals surface area contributed by atoms with Crippen LogP contribution < -0.4 is 5.90 Å². The predicted molar refractivity (Wildman–Crippen MR) is 80.7 cm³/mol. The largest absolute Gasteiger partial charge is 0.493 e. The van der Waals surface area contributed by atoms with E-state index in [0.29, 0.717) is 11.3 Å². The van der Waals surface area contributed by atoms with Crippen molar-refractivity contribution < 1.29 is 9.57 Å². The highest BCUT2D eigenvalue weighted by atomic mass is 16.6. The van der Waals surface area contributed by atoms with Crippen molar-refractivity contribution >= 4 is 11.6 Å². The van der Waals surface area contributed by atoms with E-state index in [-0.39, 0.29) is 12.0 Å². The van der Waals surface area contributed by atoms with Crippen LogP contribution in [0, 0.1) is 6.92 Å². The van der Waals surface area contributed by atoms with Gasteiger partial charge in [0.1, 0.15) is 6.10 Å². The minimum absolute atomic E-state index is 0.178. The molecule has 104 valence electrons. The Bertz CT molecular complexity index is 563. The summed E-state index contributed by atoms with van der Waals surface area (Å²) in [5.74, 6) is 5.52. The van der Waals surface area contributed by atoms with E-state index >= 15 is 0 Å². The molecule has 0 spiro atoms. The summed E-state index contributed by atoms with van der Waals surface area (Å²) in [5, 5.41) is 0. The smallest absolute Gasteiger partial charge is 0.244 e. The Hall–Kier alpha value is -2.33. The van der Waals surface area contributed by atoms with Gasteiger partial charge in [0.25, 0.3) is 0 Å². The summed E-state index contributed by atoms with van der Waals surface area (Å²) in [6, 6.07) is 7.90. The van der Waals surface area contributed by atoms with Crippen LogP contribution >= 0.6 is 0 Å². The maximum atomic E-state index is 5.37. The fourth-order valence-corrected chi connectivity index (χ4v) is 1.85. The molecule has 0 aliphatic carbocycles. The molecule has 0 bridgehead atoms. The molecule has 4 heteroatoms. The summed E-state index contributed by atoms with van der Waals surface area (Å²) >= 11 is 0. The Morgan fingerprint density at radius 2 is 2.05 bits per heavy atom. The minimum atomic E-state index is -0.178. The van der Waals surface area contributed by atoms with E-state index in [1.54, 1.807) is 6.26 Å². The second-order valence-corrected chi connectivity index (χ2v) is 4.60. The lowest BCUT2D eigenvalue weighted by Crippen LogP contribution is -2.21. The second kappa shape index (κ2) is 6.21. The molecule has 0 saturated carbocycles. The molecular weight excluding hydrogens is 252 g/mol. The Kier molecular flexibility index (Phi) is 4.38. The summed E-state index contributed by atoms with van der Waals surface area (Å²) in [7, 11) is 0. The molecule has 2 N–H and O–H groups in total. The van der Waals surface area contributed by atoms with E-state index < -0.39 is 0 Å². The van der Waals surface area contributed by atoms with Gasteiger partial charge in [0.2, 0.25) is 5.90 Å². The fourth-order valence-electron chi connectivity index (χ4n) is 1.85. The summed E-state index contributed by atoms with van der Waals surface area (Å²) in [6.07, 6.45) is 4.11. The van der Waals surface area contributed by atoms with Crippen molar-refractivity contribution in [2.24, 2.45) is 10.9 Å². The molecular formula is C16H18N2O2. The number of benzene rings is 1. The average Bonchev–Trinajstić information content (AvgIpc) is 2.98. The highest BCUT2D eigenvalue weighted by molar-refractivity contribution is 5.97. The quantitative estimate of drug-likeness (QED) is 0.519. The molecule has 20 heavy (non-hydrogen) atoms. The highest BCUT2D eigenvalue weighted by Crippen LogP contribution is 2.21. The zero-order chi connectivity index (χ0) is 14.5. The lowest BCUT2D eigenvalue weighted by atomic mass is 10.1. The van der Waals surface area contributed by atoms with E-state index in [0.717, 1.165) is 12.0 Å². The van der Waals surface area contributed by atoms with E-state index in [9.17, 15) is 0 Å². The second-order valence-electron chi connectivity index (χ2n) is 4.60. The third-order valence-corrected chi connectivity index (χ3v) is 3.09. The standard InChI is InChI=1S/C16H18N2O2/c1-11-6-8-14(9-7-11)13(3)18-16(20-17)12(2)15-5-4-10-19-15/h4,6-10,15H,2-3,5,17H2,1H3/b18-16-. The molecule has 1 aliphatic rings. The number of nitrogens with zero attached hydrogens (tertiary/aromatic N) is 1. The van der Waals surface area contributed by atoms with Crippen LogP contribution in [0.3, 0.4) is 0 Å². The zero-order valence-electron chi connectivity index (χ0n) is 11.5. The third kappa shape index (κ3) is 3.16. The third-order valence-electron chi connectivity index (χ3n) is 3.09. The molecule has 1 atom stereocenters. The Labute approximate surface area is 118 Å². The van der Waals surface area contributed by atoms with Gasteiger partial charge in [0.05, 0.1) is 12.0 Å². The van der Waals surface area contributed by atoms with Crippen molar-refractivity contribution in [3.05, 3.63) is 66.5 Å². The van der Waals surface area contributed by atoms with Gasteiger partial charge in [-0.25, -0.2) is 4.99 Å². The Balaban J connectivity index is 2.15. The molecule has 0 saturated heterocycles. The number of hydrogen-bond acceptors (Lipinski definition) is 4. The number of aryl methyl sites for hydroxylation is 1. The lowest BCUT2D eigenvalue weighted by Gasteiger charge is -2.14. The van der Waals surface area contributed by atoms with Crippen LogP contribution in [0.4, 0.5) is 0 Å². The van der Waals surface area contributed by atoms with Gasteiger partial charge >= 0.3 is 0 Å². The van der Waals surface area contributed by atoms with E-state index in [4.69, 9.17) is 15.5 Å². The number of nitrogens with two attached hydrogens (primary N) is 1. The van der Waals surface area contributed by atoms with Crippen LogP contribution in [-0.2, 0) is 9.57 Å². The number of ether oxygens (including phenoxy) is 1. The number of aliphatic imine (C=N–C) groups is 1. The summed E-state index contributed by atoms with van der Waals surface area (Å²) < 4.78 is 5.37. The van der Waals surface area contributed by atoms with Gasteiger partial charge in [-0.2, -0.15) is 5.90 Å². The normalized spacial score (nSPS) is 17.7. The molecule has 1 aliphatic heterocycles. The molecule has 0 aromatic heterocycles. The minimum Gasteiger partial charge on any atom is -0.493 e. The van der Waals surface area contributed by atoms with Gasteiger partial charge in [-0.3, -0.25) is 0 Å². The van der Waals surface area contributed by atoms with Crippen molar-refractivity contribution in [3.63, 3.8) is 0 Å². The van der Waals surface area contributed by atoms with Crippen molar-refractivity contribution in [2.45, 2.75) is 19.4 Å². The molecule has 1 unspecified atom stereocenters. The first-order chi connectivity index (χ1) is 9.61. The number of rotatable bonds is 4. The van der Waals surface area contributed by atoms with Crippen molar-refractivity contribution in [2.75, 3.05) is 0 Å². The predicted octanol–water partition coefficient (Wildman–Crippen LogP) is 3.11. The molecule has 2 rings (SSSR count). The Morgan fingerprint density at radius 3 is 2.60 bits per heavy atom. The summed E-state index contributed by atoms with van der Waals surface area (Å²) in [6.45, 7) is 9.88. The van der Waals surface area contributed by atoms with Crippen LogP contribution in [0.5, 0.6) is 0 Å². The molecule has 0 radical (unpaired) electrons. The first kappa shape index (κ1) is 14.1. The first-order valence-electron chi connectivity index (χ1n) is 6.33. The van der Waals surface area contributed by atoms with E-state index in [1.165, 1.54) is 5.56 Å². The number of hydrogen-bond donors (Lipinski definition) is 1. The van der Waals surface area contributed by atoms with Gasteiger partial charge in [-0.15, -0.1) is 0 Å². The fraction of sp³-hybridized carbons (Fsp3) is 0.188. The molecule has 1 aromatic rings. The van der Waals surface area contributed by atoms with Crippen molar-refractivity contribution in [3.8, 4) is 0 Å². The highest BCUT2D eigenvalue weighted by Gasteiger charge is 2.21. The monoisotopic (exact) mass is 270 g/mol. The summed E-state index contributed by atoms with van der Waals surface area (Å²) in [5.41, 5.74) is 3.25. The zero-order valence-corrected chi connectivity index (χ0v) is 11.5. The molecule has 0 fully saturated rings. The first-order valence-corrected chi connectivity index (χ1v) is 6.33. The van der Waals surface area contributed by atoms with E-state index in [1.807, 2.05) is 37.3 Å². The average molecular weight is 270 g/mol. The van der Waals surface area contributed by atoms with Gasteiger partial charge in [0, 0.05) is 12.0 Å². The topological polar surface area (TPSA) is 56.8 Å².